The zero-order valence-electron chi connectivity index (χ0n) is 3.10. The Balaban J connectivity index is 2.94. The fourth-order valence-corrected chi connectivity index (χ4v) is 0. The summed E-state index contributed by atoms with van der Waals surface area (Å²) in [5, 5.41) is 8.19. The molecule has 0 aliphatic carbocycles. The first-order valence-corrected chi connectivity index (χ1v) is 2.57. The highest BCUT2D eigenvalue weighted by Crippen LogP contribution is 1.58. The van der Waals surface area contributed by atoms with E-state index in [2.05, 4.69) is 5.92 Å². The quantitative estimate of drug-likeness (QED) is 0.275. The molecule has 0 bridgehead atoms. The highest BCUT2D eigenvalue weighted by molar-refractivity contribution is 6.12. The van der Waals surface area contributed by atoms with Gasteiger partial charge in [0.2, 0.25) is 0 Å². The number of aliphatic hydroxyl groups excluding tert-OH is 1. The highest BCUT2D eigenvalue weighted by atomic mass is 28.1. The molecule has 1 atom stereocenters. The van der Waals surface area contributed by atoms with Gasteiger partial charge in [0.05, 0.1) is 16.0 Å². The molecule has 0 aliphatic heterocycles. The lowest BCUT2D eigenvalue weighted by atomic mass is 10.8. The highest BCUT2D eigenvalue weighted by Gasteiger charge is 1.75. The number of aliphatic hydroxyl groups is 1. The van der Waals surface area contributed by atoms with Gasteiger partial charge in [-0.1, -0.05) is 5.92 Å². The Hall–Kier alpha value is -0.263. The Kier molecular flexibility index (Phi) is 1.90. The van der Waals surface area contributed by atoms with Gasteiger partial charge in [-0.3, -0.25) is 0 Å². The van der Waals surface area contributed by atoms with E-state index in [1.807, 2.05) is 0 Å². The summed E-state index contributed by atoms with van der Waals surface area (Å²) in [5.74, 6) is 2.15. The van der Waals surface area contributed by atoms with Crippen LogP contribution in [0.25, 0.3) is 0 Å². The molecule has 0 saturated carbocycles. The van der Waals surface area contributed by atoms with Crippen LogP contribution in [0.3, 0.4) is 0 Å². The molecule has 0 saturated heterocycles. The Labute approximate surface area is 34.4 Å². The van der Waals surface area contributed by atoms with Crippen LogP contribution in [0.15, 0.2) is 0 Å². The van der Waals surface area contributed by atoms with Gasteiger partial charge < -0.3 is 5.11 Å². The monoisotopic (exact) mass is 86.0 g/mol. The van der Waals surface area contributed by atoms with Crippen molar-refractivity contribution in [2.24, 2.45) is 0 Å². The third-order valence-corrected chi connectivity index (χ3v) is 0.575. The normalized spacial score (nSPS) is 13.6. The van der Waals surface area contributed by atoms with Crippen LogP contribution in [0.4, 0.5) is 0 Å². The molecular formula is C3H6OSi. The van der Waals surface area contributed by atoms with E-state index in [9.17, 15) is 0 Å². The molecule has 0 rings (SSSR count). The predicted octanol–water partition coefficient (Wildman–Crippen LogP) is -1.70. The molecule has 0 aliphatic rings. The van der Waals surface area contributed by atoms with Crippen molar-refractivity contribution < 1.29 is 5.11 Å². The smallest absolute Gasteiger partial charge is 0.0921 e. The molecule has 2 heteroatoms. The summed E-state index contributed by atoms with van der Waals surface area (Å²) >= 11 is 0. The number of hydrogen-bond acceptors (Lipinski definition) is 1. The summed E-state index contributed by atoms with van der Waals surface area (Å²) in [6, 6.07) is 0. The molecule has 5 heavy (non-hydrogen) atoms. The van der Waals surface area contributed by atoms with Gasteiger partial charge in [-0.15, -0.1) is 6.42 Å². The first kappa shape index (κ1) is 4.74. The van der Waals surface area contributed by atoms with Crippen LogP contribution in [0.2, 0.25) is 0 Å². The summed E-state index contributed by atoms with van der Waals surface area (Å²) in [6.45, 7) is 0. The van der Waals surface area contributed by atoms with Gasteiger partial charge in [0.15, 0.2) is 0 Å². The lowest BCUT2D eigenvalue weighted by Gasteiger charge is -1.80. The number of rotatable bonds is 0. The van der Waals surface area contributed by atoms with Crippen LogP contribution in [0, 0.1) is 12.3 Å². The van der Waals surface area contributed by atoms with E-state index in [0.717, 1.165) is 0 Å². The third-order valence-electron chi connectivity index (χ3n) is 0.241. The van der Waals surface area contributed by atoms with Crippen molar-refractivity contribution in [3.05, 3.63) is 0 Å². The average molecular weight is 86.2 g/mol. The molecule has 0 aromatic carbocycles. The maximum Gasteiger partial charge on any atom is 0.0921 e. The van der Waals surface area contributed by atoms with Gasteiger partial charge in [-0.2, -0.15) is 0 Å². The maximum atomic E-state index is 8.19. The fraction of sp³-hybridized carbons (Fsp3) is 0.333. The molecule has 0 radical (unpaired) electrons. The SMILES string of the molecule is C#CC(O)[SiH3]. The van der Waals surface area contributed by atoms with Crippen LogP contribution in [0.5, 0.6) is 0 Å². The van der Waals surface area contributed by atoms with E-state index in [0.29, 0.717) is 10.2 Å². The van der Waals surface area contributed by atoms with Crippen molar-refractivity contribution in [1.29, 1.82) is 0 Å². The molecule has 0 amide bonds. The van der Waals surface area contributed by atoms with Gasteiger partial charge in [-0.05, 0) is 0 Å². The van der Waals surface area contributed by atoms with E-state index in [1.165, 1.54) is 0 Å². The van der Waals surface area contributed by atoms with E-state index >= 15 is 0 Å². The van der Waals surface area contributed by atoms with Gasteiger partial charge in [0, 0.05) is 0 Å². The second kappa shape index (κ2) is 2.00. The van der Waals surface area contributed by atoms with Gasteiger partial charge in [-0.25, -0.2) is 0 Å². The molecule has 0 aromatic rings. The minimum Gasteiger partial charge on any atom is -0.385 e. The van der Waals surface area contributed by atoms with Crippen molar-refractivity contribution in [2.45, 2.75) is 5.73 Å². The first-order valence-electron chi connectivity index (χ1n) is 1.41. The Morgan fingerprint density at radius 3 is 2.20 bits per heavy atom. The average Bonchev–Trinajstić information content (AvgIpc) is 1.38. The predicted molar refractivity (Wildman–Crippen MR) is 24.8 cm³/mol. The molecule has 0 aromatic heterocycles. The summed E-state index contributed by atoms with van der Waals surface area (Å²) in [7, 11) is 0.689. The van der Waals surface area contributed by atoms with Crippen molar-refractivity contribution in [3.8, 4) is 12.3 Å². The molecule has 1 unspecified atom stereocenters. The summed E-state index contributed by atoms with van der Waals surface area (Å²) in [4.78, 5) is 0. The summed E-state index contributed by atoms with van der Waals surface area (Å²) < 4.78 is 0. The largest absolute Gasteiger partial charge is 0.385 e. The van der Waals surface area contributed by atoms with Crippen molar-refractivity contribution in [3.63, 3.8) is 0 Å². The van der Waals surface area contributed by atoms with Crippen LogP contribution in [0.1, 0.15) is 0 Å². The van der Waals surface area contributed by atoms with E-state index in [-0.39, 0.29) is 0 Å². The molecule has 28 valence electrons. The number of terminal acetylenes is 1. The topological polar surface area (TPSA) is 20.2 Å². The zero-order chi connectivity index (χ0) is 4.28. The zero-order valence-corrected chi connectivity index (χ0v) is 5.10. The van der Waals surface area contributed by atoms with Crippen LogP contribution in [-0.4, -0.2) is 21.1 Å². The van der Waals surface area contributed by atoms with E-state index < -0.39 is 5.73 Å². The first-order chi connectivity index (χ1) is 2.27. The summed E-state index contributed by atoms with van der Waals surface area (Å²) in [6.07, 6.45) is 4.71. The Morgan fingerprint density at radius 1 is 2.00 bits per heavy atom. The maximum absolute atomic E-state index is 8.19. The Bertz CT molecular complexity index is 52.4. The van der Waals surface area contributed by atoms with Crippen molar-refractivity contribution >= 4 is 10.2 Å². The molecule has 0 fully saturated rings. The molecule has 0 spiro atoms. The second-order valence-electron chi connectivity index (χ2n) is 0.843. The standard InChI is InChI=1S/C3H6OSi/c1-2-3(4)5/h1,3-4H,5H3. The summed E-state index contributed by atoms with van der Waals surface area (Å²) in [5.41, 5.74) is -0.449. The minimum absolute atomic E-state index is 0.449. The Morgan fingerprint density at radius 2 is 2.20 bits per heavy atom. The van der Waals surface area contributed by atoms with Crippen LogP contribution >= 0.6 is 0 Å². The lowest BCUT2D eigenvalue weighted by molar-refractivity contribution is 0.311. The third kappa shape index (κ3) is 3.74. The van der Waals surface area contributed by atoms with Gasteiger partial charge in [0.25, 0.3) is 0 Å². The fourth-order valence-electron chi connectivity index (χ4n) is 0. The van der Waals surface area contributed by atoms with Crippen LogP contribution in [-0.2, 0) is 0 Å². The van der Waals surface area contributed by atoms with Gasteiger partial charge in [0.1, 0.15) is 0 Å². The molecule has 1 N–H and O–H groups in total. The minimum atomic E-state index is -0.449. The molecule has 1 nitrogen and oxygen atoms in total. The van der Waals surface area contributed by atoms with Crippen LogP contribution < -0.4 is 0 Å². The lowest BCUT2D eigenvalue weighted by Crippen LogP contribution is -1.98. The van der Waals surface area contributed by atoms with E-state index in [4.69, 9.17) is 11.5 Å². The van der Waals surface area contributed by atoms with Crippen molar-refractivity contribution in [1.82, 2.24) is 0 Å². The number of hydrogen-bond donors (Lipinski definition) is 1. The second-order valence-corrected chi connectivity index (χ2v) is 1.94. The van der Waals surface area contributed by atoms with Crippen molar-refractivity contribution in [2.75, 3.05) is 0 Å². The van der Waals surface area contributed by atoms with Gasteiger partial charge >= 0.3 is 0 Å². The molecule has 0 heterocycles. The van der Waals surface area contributed by atoms with E-state index in [1.54, 1.807) is 0 Å². The molecular weight excluding hydrogens is 80.1 g/mol.